The third kappa shape index (κ3) is 5.72. The Balaban J connectivity index is 1.49. The summed E-state index contributed by atoms with van der Waals surface area (Å²) in [4.78, 5) is 18.1. The van der Waals surface area contributed by atoms with E-state index in [0.717, 1.165) is 30.5 Å². The maximum atomic E-state index is 14.4. The molecule has 1 amide bonds. The molecule has 0 radical (unpaired) electrons. The highest BCUT2D eigenvalue weighted by Gasteiger charge is 2.74. The van der Waals surface area contributed by atoms with Crippen molar-refractivity contribution in [3.63, 3.8) is 0 Å². The van der Waals surface area contributed by atoms with Gasteiger partial charge in [0.05, 0.1) is 24.4 Å². The van der Waals surface area contributed by atoms with Crippen molar-refractivity contribution in [1.82, 2.24) is 25.1 Å². The molecule has 4 rings (SSSR count). The maximum Gasteiger partial charge on any atom is 0.348 e. The number of carbonyl (C=O) groups excluding carboxylic acids is 1. The SMILES string of the molecule is CCCCCCCCCCCCC1(P(=O)(OCC)OCC)C(=O)NC12C=CC(c1nc3c(Cl)c(C)[nH]n3n1)=CC2. The van der Waals surface area contributed by atoms with E-state index in [1.54, 1.807) is 18.5 Å². The van der Waals surface area contributed by atoms with E-state index in [4.69, 9.17) is 20.6 Å². The topological polar surface area (TPSA) is 111 Å². The fourth-order valence-electron chi connectivity index (χ4n) is 6.09. The summed E-state index contributed by atoms with van der Waals surface area (Å²) in [7, 11) is -3.79. The fraction of sp³-hybridized carbons (Fsp3) is 0.690. The van der Waals surface area contributed by atoms with Crippen LogP contribution in [0.2, 0.25) is 5.02 Å². The number of carbonyl (C=O) groups is 1. The Morgan fingerprint density at radius 1 is 1.02 bits per heavy atom. The van der Waals surface area contributed by atoms with Gasteiger partial charge in [0.2, 0.25) is 5.91 Å². The Kier molecular flexibility index (Phi) is 10.4. The fourth-order valence-corrected chi connectivity index (χ4v) is 8.90. The molecule has 222 valence electrons. The summed E-state index contributed by atoms with van der Waals surface area (Å²) < 4.78 is 27.7. The number of aryl methyl sites for hydroxylation is 1. The van der Waals surface area contributed by atoms with Crippen LogP contribution in [0.15, 0.2) is 18.2 Å². The summed E-state index contributed by atoms with van der Waals surface area (Å²) in [6.45, 7) is 8.09. The molecule has 2 atom stereocenters. The van der Waals surface area contributed by atoms with Crippen LogP contribution in [0.25, 0.3) is 11.2 Å². The zero-order valence-electron chi connectivity index (χ0n) is 24.4. The number of aromatic amines is 1. The molecule has 2 aliphatic rings. The number of rotatable bonds is 17. The Morgan fingerprint density at radius 2 is 1.65 bits per heavy atom. The number of fused-ring (bicyclic) bond motifs is 1. The van der Waals surface area contributed by atoms with Crippen molar-refractivity contribution >= 4 is 36.3 Å². The van der Waals surface area contributed by atoms with Crippen LogP contribution in [0.5, 0.6) is 0 Å². The average Bonchev–Trinajstić information content (AvgIpc) is 3.46. The van der Waals surface area contributed by atoms with Gasteiger partial charge in [0, 0.05) is 5.57 Å². The third-order valence-electron chi connectivity index (χ3n) is 8.26. The number of aromatic nitrogens is 4. The molecule has 1 saturated heterocycles. The van der Waals surface area contributed by atoms with Crippen molar-refractivity contribution in [2.24, 2.45) is 0 Å². The molecule has 11 heteroatoms. The van der Waals surface area contributed by atoms with Gasteiger partial charge in [-0.3, -0.25) is 14.5 Å². The van der Waals surface area contributed by atoms with Crippen molar-refractivity contribution in [2.45, 2.75) is 115 Å². The van der Waals surface area contributed by atoms with Gasteiger partial charge in [-0.1, -0.05) is 101 Å². The Hall–Kier alpha value is -1.93. The molecule has 2 aromatic rings. The van der Waals surface area contributed by atoms with Gasteiger partial charge in [0.15, 0.2) is 16.6 Å². The lowest BCUT2D eigenvalue weighted by atomic mass is 9.67. The van der Waals surface area contributed by atoms with E-state index >= 15 is 0 Å². The molecule has 9 nitrogen and oxygen atoms in total. The second-order valence-electron chi connectivity index (χ2n) is 11.0. The van der Waals surface area contributed by atoms with E-state index in [-0.39, 0.29) is 19.1 Å². The first-order valence-corrected chi connectivity index (χ1v) is 16.9. The molecule has 1 aliphatic carbocycles. The summed E-state index contributed by atoms with van der Waals surface area (Å²) in [6.07, 6.45) is 18.5. The van der Waals surface area contributed by atoms with Crippen LogP contribution >= 0.6 is 19.2 Å². The first kappa shape index (κ1) is 31.0. The van der Waals surface area contributed by atoms with Gasteiger partial charge in [-0.2, -0.15) is 4.63 Å². The van der Waals surface area contributed by atoms with Gasteiger partial charge < -0.3 is 14.4 Å². The second-order valence-corrected chi connectivity index (χ2v) is 13.6. The number of allylic oxidation sites excluding steroid dienone is 2. The largest absolute Gasteiger partial charge is 0.348 e. The standard InChI is InChI=1S/C29H45ClN5O4P/c1-5-8-9-10-11-12-13-14-15-16-19-29(40(37,38-6-2)39-7-3)27(36)32-28(29)20-17-23(18-21-28)25-31-26-24(30)22(4)33-35(26)34-25/h17-18,20,33H,5-16,19,21H2,1-4H3,(H,32,36). The maximum absolute atomic E-state index is 14.4. The number of amides is 1. The van der Waals surface area contributed by atoms with Crippen LogP contribution in [0.1, 0.15) is 109 Å². The predicted molar refractivity (Wildman–Crippen MR) is 160 cm³/mol. The van der Waals surface area contributed by atoms with Crippen LogP contribution < -0.4 is 5.32 Å². The van der Waals surface area contributed by atoms with E-state index in [0.29, 0.717) is 29.3 Å². The van der Waals surface area contributed by atoms with Crippen LogP contribution in [0, 0.1) is 6.92 Å². The summed E-state index contributed by atoms with van der Waals surface area (Å²) in [5, 5.41) is 9.95. The molecule has 0 bridgehead atoms. The lowest BCUT2D eigenvalue weighted by molar-refractivity contribution is -0.138. The van der Waals surface area contributed by atoms with Crippen LogP contribution in [0.4, 0.5) is 0 Å². The lowest BCUT2D eigenvalue weighted by Gasteiger charge is -2.58. The Labute approximate surface area is 243 Å². The van der Waals surface area contributed by atoms with E-state index in [1.165, 1.54) is 44.9 Å². The van der Waals surface area contributed by atoms with Gasteiger partial charge in [-0.25, -0.2) is 4.98 Å². The van der Waals surface area contributed by atoms with Crippen LogP contribution in [-0.2, 0) is 18.4 Å². The highest BCUT2D eigenvalue weighted by molar-refractivity contribution is 7.57. The summed E-state index contributed by atoms with van der Waals surface area (Å²) in [6, 6.07) is 0. The highest BCUT2D eigenvalue weighted by Crippen LogP contribution is 2.70. The molecule has 2 aromatic heterocycles. The highest BCUT2D eigenvalue weighted by atomic mass is 35.5. The normalized spacial score (nSPS) is 22.6. The molecule has 1 spiro atoms. The number of nitrogens with zero attached hydrogens (tertiary/aromatic N) is 3. The van der Waals surface area contributed by atoms with Gasteiger partial charge >= 0.3 is 7.60 Å². The zero-order chi connectivity index (χ0) is 28.8. The van der Waals surface area contributed by atoms with Crippen molar-refractivity contribution in [3.05, 3.63) is 34.8 Å². The quantitative estimate of drug-likeness (QED) is 0.111. The Bertz CT molecular complexity index is 1280. The molecule has 3 heterocycles. The average molecular weight is 594 g/mol. The van der Waals surface area contributed by atoms with Crippen LogP contribution in [0.3, 0.4) is 0 Å². The predicted octanol–water partition coefficient (Wildman–Crippen LogP) is 7.55. The number of hydrogen-bond acceptors (Lipinski definition) is 6. The molecule has 1 aliphatic heterocycles. The minimum Gasteiger partial charge on any atom is -0.344 e. The van der Waals surface area contributed by atoms with Crippen LogP contribution in [-0.4, -0.2) is 49.6 Å². The van der Waals surface area contributed by atoms with E-state index in [9.17, 15) is 9.36 Å². The molecule has 2 unspecified atom stereocenters. The molecule has 40 heavy (non-hydrogen) atoms. The number of H-pyrrole nitrogens is 1. The third-order valence-corrected chi connectivity index (χ3v) is 11.7. The van der Waals surface area contributed by atoms with Gasteiger partial charge in [-0.05, 0) is 33.6 Å². The first-order chi connectivity index (χ1) is 19.3. The van der Waals surface area contributed by atoms with Crippen molar-refractivity contribution < 1.29 is 18.4 Å². The van der Waals surface area contributed by atoms with Gasteiger partial charge in [0.25, 0.3) is 0 Å². The lowest BCUT2D eigenvalue weighted by Crippen LogP contribution is -2.80. The smallest absolute Gasteiger partial charge is 0.344 e. The molecule has 2 N–H and O–H groups in total. The molecular weight excluding hydrogens is 549 g/mol. The number of halogens is 1. The number of β-lactam (4-membered cyclic amide) rings is 1. The minimum absolute atomic E-state index is 0.204. The first-order valence-electron chi connectivity index (χ1n) is 15.0. The van der Waals surface area contributed by atoms with E-state index in [2.05, 4.69) is 27.4 Å². The van der Waals surface area contributed by atoms with E-state index in [1.807, 2.05) is 25.2 Å². The number of hydrogen-bond donors (Lipinski definition) is 2. The van der Waals surface area contributed by atoms with Gasteiger partial charge in [-0.15, -0.1) is 5.10 Å². The van der Waals surface area contributed by atoms with Gasteiger partial charge in [0.1, 0.15) is 5.02 Å². The van der Waals surface area contributed by atoms with Crippen molar-refractivity contribution in [3.8, 4) is 0 Å². The Morgan fingerprint density at radius 3 is 2.17 bits per heavy atom. The molecule has 1 fully saturated rings. The second kappa shape index (κ2) is 13.4. The minimum atomic E-state index is -3.79. The number of unbranched alkanes of at least 4 members (excludes halogenated alkanes) is 9. The molecule has 0 aromatic carbocycles. The summed E-state index contributed by atoms with van der Waals surface area (Å²) in [5.74, 6) is 0.272. The molecular formula is C29H45ClN5O4P. The zero-order valence-corrected chi connectivity index (χ0v) is 26.1. The summed E-state index contributed by atoms with van der Waals surface area (Å²) >= 11 is 6.35. The summed E-state index contributed by atoms with van der Waals surface area (Å²) in [5.41, 5.74) is 1.31. The monoisotopic (exact) mass is 593 g/mol. The van der Waals surface area contributed by atoms with Crippen molar-refractivity contribution in [2.75, 3.05) is 13.2 Å². The van der Waals surface area contributed by atoms with Crippen molar-refractivity contribution in [1.29, 1.82) is 0 Å². The number of nitrogens with one attached hydrogen (secondary N) is 2. The van der Waals surface area contributed by atoms with E-state index < -0.39 is 18.3 Å². The molecule has 0 saturated carbocycles.